The number of carbonyl (C=O) groups is 1. The van der Waals surface area contributed by atoms with E-state index in [2.05, 4.69) is 9.55 Å². The molecule has 0 unspecified atom stereocenters. The van der Waals surface area contributed by atoms with Gasteiger partial charge in [-0.05, 0) is 43.2 Å². The number of aldehydes is 1. The van der Waals surface area contributed by atoms with Crippen LogP contribution in [0.2, 0.25) is 0 Å². The van der Waals surface area contributed by atoms with Gasteiger partial charge in [0.25, 0.3) is 10.0 Å². The van der Waals surface area contributed by atoms with Gasteiger partial charge in [-0.1, -0.05) is 37.5 Å². The summed E-state index contributed by atoms with van der Waals surface area (Å²) in [6.45, 7) is 0. The normalized spacial score (nSPS) is 15.3. The van der Waals surface area contributed by atoms with E-state index in [1.165, 1.54) is 10.4 Å². The topological polar surface area (TPSA) is 100.0 Å². The molecule has 5 aromatic rings. The van der Waals surface area contributed by atoms with Crippen LogP contribution in [0.3, 0.4) is 0 Å². The minimum Gasteiger partial charge on any atom is -0.450 e. The second-order valence-corrected chi connectivity index (χ2v) is 10.4. The maximum absolute atomic E-state index is 13.3. The zero-order valence-corrected chi connectivity index (χ0v) is 19.1. The highest BCUT2D eigenvalue weighted by molar-refractivity contribution is 7.90. The van der Waals surface area contributed by atoms with E-state index in [4.69, 9.17) is 9.40 Å². The Bertz CT molecular complexity index is 1620. The number of rotatable bonds is 5. The number of imidazole rings is 1. The maximum Gasteiger partial charge on any atom is 0.269 e. The fourth-order valence-corrected chi connectivity index (χ4v) is 6.27. The zero-order chi connectivity index (χ0) is 23.3. The molecule has 0 atom stereocenters. The van der Waals surface area contributed by atoms with Gasteiger partial charge in [0.15, 0.2) is 29.3 Å². The Morgan fingerprint density at radius 3 is 2.53 bits per heavy atom. The van der Waals surface area contributed by atoms with Crippen molar-refractivity contribution in [2.75, 3.05) is 0 Å². The van der Waals surface area contributed by atoms with E-state index in [1.54, 1.807) is 60.9 Å². The van der Waals surface area contributed by atoms with Gasteiger partial charge in [-0.15, -0.1) is 0 Å². The molecule has 1 fully saturated rings. The van der Waals surface area contributed by atoms with Gasteiger partial charge < -0.3 is 8.98 Å². The molecule has 1 aliphatic rings. The third-order valence-electron chi connectivity index (χ3n) is 6.53. The molecule has 0 aliphatic heterocycles. The molecule has 34 heavy (non-hydrogen) atoms. The van der Waals surface area contributed by atoms with Crippen molar-refractivity contribution in [3.8, 4) is 11.6 Å². The Morgan fingerprint density at radius 1 is 1.00 bits per heavy atom. The largest absolute Gasteiger partial charge is 0.450 e. The Labute approximate surface area is 195 Å². The van der Waals surface area contributed by atoms with E-state index in [0.717, 1.165) is 31.2 Å². The van der Waals surface area contributed by atoms with E-state index in [-0.39, 0.29) is 16.7 Å². The minimum atomic E-state index is -3.81. The lowest BCUT2D eigenvalue weighted by molar-refractivity contribution is 0.110. The number of furan rings is 1. The van der Waals surface area contributed by atoms with E-state index in [1.807, 2.05) is 0 Å². The molecule has 4 heterocycles. The van der Waals surface area contributed by atoms with Crippen LogP contribution in [0, 0.1) is 0 Å². The summed E-state index contributed by atoms with van der Waals surface area (Å²) in [5, 5.41) is 0.712. The molecule has 4 aromatic heterocycles. The second-order valence-electron chi connectivity index (χ2n) is 8.58. The first kappa shape index (κ1) is 20.9. The Hall–Kier alpha value is -3.72. The van der Waals surface area contributed by atoms with Crippen molar-refractivity contribution < 1.29 is 17.6 Å². The van der Waals surface area contributed by atoms with Crippen molar-refractivity contribution in [1.29, 1.82) is 0 Å². The lowest BCUT2D eigenvalue weighted by atomic mass is 9.95. The van der Waals surface area contributed by atoms with Gasteiger partial charge in [0, 0.05) is 17.6 Å². The van der Waals surface area contributed by atoms with Crippen LogP contribution in [0.5, 0.6) is 0 Å². The summed E-state index contributed by atoms with van der Waals surface area (Å²) in [5.41, 5.74) is 1.85. The van der Waals surface area contributed by atoms with Gasteiger partial charge in [-0.3, -0.25) is 4.79 Å². The van der Waals surface area contributed by atoms with Crippen LogP contribution in [0.4, 0.5) is 0 Å². The molecule has 1 aromatic carbocycles. The average Bonchev–Trinajstić information content (AvgIpc) is 3.61. The molecule has 6 rings (SSSR count). The third kappa shape index (κ3) is 3.19. The molecular weight excluding hydrogens is 452 g/mol. The summed E-state index contributed by atoms with van der Waals surface area (Å²) in [6.07, 6.45) is 9.23. The van der Waals surface area contributed by atoms with Gasteiger partial charge in [-0.25, -0.2) is 22.4 Å². The standard InChI is InChI=1S/C25H22N4O4S/c30-16-18-11-12-22(33-18)25-27-21-15-26-24-20(23(21)29(25)17-7-3-1-4-8-17)13-14-28(24)34(31,32)19-9-5-2-6-10-19/h2,5-6,9-17H,1,3-4,7-8H2. The summed E-state index contributed by atoms with van der Waals surface area (Å²) in [4.78, 5) is 20.7. The highest BCUT2D eigenvalue weighted by atomic mass is 32.2. The zero-order valence-electron chi connectivity index (χ0n) is 18.3. The van der Waals surface area contributed by atoms with Crippen LogP contribution in [0.1, 0.15) is 48.7 Å². The molecule has 0 N–H and O–H groups in total. The molecule has 0 bridgehead atoms. The molecule has 1 aliphatic carbocycles. The van der Waals surface area contributed by atoms with Gasteiger partial charge in [-0.2, -0.15) is 0 Å². The summed E-state index contributed by atoms with van der Waals surface area (Å²) in [7, 11) is -3.81. The van der Waals surface area contributed by atoms with Crippen LogP contribution in [0.25, 0.3) is 33.7 Å². The minimum absolute atomic E-state index is 0.193. The highest BCUT2D eigenvalue weighted by Gasteiger charge is 2.27. The number of hydrogen-bond acceptors (Lipinski definition) is 6. The molecule has 0 radical (unpaired) electrons. The monoisotopic (exact) mass is 474 g/mol. The molecule has 8 nitrogen and oxygen atoms in total. The second kappa shape index (κ2) is 7.95. The van der Waals surface area contributed by atoms with E-state index < -0.39 is 10.0 Å². The van der Waals surface area contributed by atoms with Crippen LogP contribution >= 0.6 is 0 Å². The fourth-order valence-electron chi connectivity index (χ4n) is 4.95. The third-order valence-corrected chi connectivity index (χ3v) is 8.21. The lowest BCUT2D eigenvalue weighted by Gasteiger charge is -2.25. The van der Waals surface area contributed by atoms with Crippen LogP contribution in [-0.4, -0.2) is 33.2 Å². The van der Waals surface area contributed by atoms with E-state index >= 15 is 0 Å². The molecule has 0 spiro atoms. The molecular formula is C25H22N4O4S. The van der Waals surface area contributed by atoms with Crippen molar-refractivity contribution in [2.24, 2.45) is 0 Å². The number of pyridine rings is 1. The van der Waals surface area contributed by atoms with Crippen molar-refractivity contribution >= 4 is 38.4 Å². The molecule has 172 valence electrons. The Kier molecular flexibility index (Phi) is 4.88. The Balaban J connectivity index is 1.61. The maximum atomic E-state index is 13.3. The molecule has 9 heteroatoms. The van der Waals surface area contributed by atoms with Crippen LogP contribution < -0.4 is 0 Å². The Morgan fingerprint density at radius 2 is 1.79 bits per heavy atom. The molecule has 1 saturated carbocycles. The molecule has 0 amide bonds. The predicted octanol–water partition coefficient (Wildman–Crippen LogP) is 5.20. The summed E-state index contributed by atoms with van der Waals surface area (Å²) < 4.78 is 35.8. The summed E-state index contributed by atoms with van der Waals surface area (Å²) in [6, 6.07) is 13.7. The first-order valence-corrected chi connectivity index (χ1v) is 12.8. The van der Waals surface area contributed by atoms with Gasteiger partial charge in [0.1, 0.15) is 5.52 Å². The number of benzene rings is 1. The average molecular weight is 475 g/mol. The number of hydrogen-bond donors (Lipinski definition) is 0. The van der Waals surface area contributed by atoms with Crippen molar-refractivity contribution in [1.82, 2.24) is 18.5 Å². The highest BCUT2D eigenvalue weighted by Crippen LogP contribution is 2.39. The fraction of sp³-hybridized carbons (Fsp3) is 0.240. The predicted molar refractivity (Wildman–Crippen MR) is 127 cm³/mol. The number of carbonyl (C=O) groups excluding carboxylic acids is 1. The first-order valence-electron chi connectivity index (χ1n) is 11.3. The van der Waals surface area contributed by atoms with Gasteiger partial charge in [0.2, 0.25) is 0 Å². The van der Waals surface area contributed by atoms with E-state index in [0.29, 0.717) is 34.4 Å². The van der Waals surface area contributed by atoms with Crippen molar-refractivity contribution in [3.63, 3.8) is 0 Å². The summed E-state index contributed by atoms with van der Waals surface area (Å²) in [5.74, 6) is 1.37. The van der Waals surface area contributed by atoms with Crippen LogP contribution in [-0.2, 0) is 10.0 Å². The SMILES string of the molecule is O=Cc1ccc(-c2nc3cnc4c(ccn4S(=O)(=O)c4ccccc4)c3n2C2CCCCC2)o1. The van der Waals surface area contributed by atoms with E-state index in [9.17, 15) is 13.2 Å². The lowest BCUT2D eigenvalue weighted by Crippen LogP contribution is -2.14. The number of aromatic nitrogens is 4. The van der Waals surface area contributed by atoms with Gasteiger partial charge in [0.05, 0.1) is 16.6 Å². The van der Waals surface area contributed by atoms with Crippen molar-refractivity contribution in [3.05, 3.63) is 66.7 Å². The quantitative estimate of drug-likeness (QED) is 0.325. The smallest absolute Gasteiger partial charge is 0.269 e. The van der Waals surface area contributed by atoms with Crippen molar-refractivity contribution in [2.45, 2.75) is 43.0 Å². The van der Waals surface area contributed by atoms with Crippen LogP contribution in [0.15, 0.2) is 70.2 Å². The number of fused-ring (bicyclic) bond motifs is 3. The number of nitrogens with zero attached hydrogens (tertiary/aromatic N) is 4. The van der Waals surface area contributed by atoms with Gasteiger partial charge >= 0.3 is 0 Å². The first-order chi connectivity index (χ1) is 16.6. The summed E-state index contributed by atoms with van der Waals surface area (Å²) >= 11 is 0. The molecule has 0 saturated heterocycles.